The molecule has 3 rings (SSSR count). The van der Waals surface area contributed by atoms with Gasteiger partial charge in [0.1, 0.15) is 11.6 Å². The number of fused-ring (bicyclic) bond motifs is 1. The van der Waals surface area contributed by atoms with Crippen LogP contribution in [0, 0.1) is 11.6 Å². The van der Waals surface area contributed by atoms with Crippen molar-refractivity contribution in [2.24, 2.45) is 0 Å². The number of hydrogen-bond acceptors (Lipinski definition) is 2. The summed E-state index contributed by atoms with van der Waals surface area (Å²) in [5, 5.41) is 4.26. The van der Waals surface area contributed by atoms with Crippen molar-refractivity contribution in [2.75, 3.05) is 0 Å². The van der Waals surface area contributed by atoms with Crippen molar-refractivity contribution in [1.29, 1.82) is 0 Å². The fourth-order valence-electron chi connectivity index (χ4n) is 2.31. The molecule has 0 amide bonds. The van der Waals surface area contributed by atoms with Crippen molar-refractivity contribution in [2.45, 2.75) is 13.1 Å². The van der Waals surface area contributed by atoms with Gasteiger partial charge in [-0.2, -0.15) is 0 Å². The molecule has 0 unspecified atom stereocenters. The largest absolute Gasteiger partial charge is 0.308 e. The van der Waals surface area contributed by atoms with Crippen molar-refractivity contribution in [1.82, 2.24) is 10.3 Å². The van der Waals surface area contributed by atoms with Gasteiger partial charge >= 0.3 is 0 Å². The predicted octanol–water partition coefficient (Wildman–Crippen LogP) is 3.80. The highest BCUT2D eigenvalue weighted by Gasteiger charge is 2.04. The summed E-state index contributed by atoms with van der Waals surface area (Å²) in [5.74, 6) is -1.08. The van der Waals surface area contributed by atoms with Gasteiger partial charge in [0.25, 0.3) is 0 Å². The van der Waals surface area contributed by atoms with Gasteiger partial charge in [0.2, 0.25) is 0 Å². The standard InChI is InChI=1S/C17H14F2N2/c18-14-6-5-13(16(19)9-14)11-20-10-12-7-8-21-17-4-2-1-3-15(12)17/h1-9,20H,10-11H2. The number of rotatable bonds is 4. The Morgan fingerprint density at radius 2 is 1.71 bits per heavy atom. The van der Waals surface area contributed by atoms with Gasteiger partial charge in [-0.25, -0.2) is 8.78 Å². The van der Waals surface area contributed by atoms with Crippen LogP contribution in [0.15, 0.2) is 54.7 Å². The number of nitrogens with one attached hydrogen (secondary N) is 1. The summed E-state index contributed by atoms with van der Waals surface area (Å²) in [4.78, 5) is 4.30. The van der Waals surface area contributed by atoms with Crippen molar-refractivity contribution < 1.29 is 8.78 Å². The summed E-state index contributed by atoms with van der Waals surface area (Å²) in [5.41, 5.74) is 2.49. The molecule has 2 aromatic carbocycles. The molecule has 0 aliphatic carbocycles. The molecule has 0 atom stereocenters. The van der Waals surface area contributed by atoms with Crippen LogP contribution in [0.3, 0.4) is 0 Å². The van der Waals surface area contributed by atoms with Gasteiger partial charge in [0.05, 0.1) is 5.52 Å². The van der Waals surface area contributed by atoms with Crippen LogP contribution in [0.25, 0.3) is 10.9 Å². The van der Waals surface area contributed by atoms with E-state index in [1.165, 1.54) is 12.1 Å². The zero-order valence-corrected chi connectivity index (χ0v) is 11.3. The van der Waals surface area contributed by atoms with E-state index in [2.05, 4.69) is 10.3 Å². The maximum Gasteiger partial charge on any atom is 0.130 e. The van der Waals surface area contributed by atoms with Crippen LogP contribution >= 0.6 is 0 Å². The topological polar surface area (TPSA) is 24.9 Å². The van der Waals surface area contributed by atoms with E-state index in [0.717, 1.165) is 22.5 Å². The molecule has 0 fully saturated rings. The lowest BCUT2D eigenvalue weighted by Crippen LogP contribution is -2.14. The lowest BCUT2D eigenvalue weighted by Gasteiger charge is -2.08. The van der Waals surface area contributed by atoms with Crippen LogP contribution in [-0.2, 0) is 13.1 Å². The lowest BCUT2D eigenvalue weighted by molar-refractivity contribution is 0.560. The molecule has 106 valence electrons. The molecule has 1 aromatic heterocycles. The van der Waals surface area contributed by atoms with Crippen LogP contribution < -0.4 is 5.32 Å². The van der Waals surface area contributed by atoms with Crippen LogP contribution in [0.5, 0.6) is 0 Å². The third kappa shape index (κ3) is 3.06. The minimum absolute atomic E-state index is 0.350. The fourth-order valence-corrected chi connectivity index (χ4v) is 2.31. The first-order chi connectivity index (χ1) is 10.2. The third-order valence-corrected chi connectivity index (χ3v) is 3.39. The minimum atomic E-state index is -0.559. The third-order valence-electron chi connectivity index (χ3n) is 3.39. The SMILES string of the molecule is Fc1ccc(CNCc2ccnc3ccccc23)c(F)c1. The van der Waals surface area contributed by atoms with Crippen molar-refractivity contribution in [3.05, 3.63) is 77.5 Å². The fraction of sp³-hybridized carbons (Fsp3) is 0.118. The van der Waals surface area contributed by atoms with E-state index in [4.69, 9.17) is 0 Å². The van der Waals surface area contributed by atoms with Gasteiger partial charge in [0, 0.05) is 36.3 Å². The molecular weight excluding hydrogens is 270 g/mol. The number of nitrogens with zero attached hydrogens (tertiary/aromatic N) is 1. The monoisotopic (exact) mass is 284 g/mol. The van der Waals surface area contributed by atoms with Gasteiger partial charge in [-0.05, 0) is 23.8 Å². The molecule has 0 bridgehead atoms. The summed E-state index contributed by atoms with van der Waals surface area (Å²) in [6.45, 7) is 0.947. The molecule has 0 spiro atoms. The van der Waals surface area contributed by atoms with Crippen molar-refractivity contribution in [3.8, 4) is 0 Å². The Labute approximate surface area is 121 Å². The summed E-state index contributed by atoms with van der Waals surface area (Å²) in [7, 11) is 0. The van der Waals surface area contributed by atoms with E-state index in [1.807, 2.05) is 30.3 Å². The molecule has 4 heteroatoms. The van der Waals surface area contributed by atoms with Gasteiger partial charge < -0.3 is 5.32 Å². The van der Waals surface area contributed by atoms with Crippen LogP contribution in [0.4, 0.5) is 8.78 Å². The first-order valence-electron chi connectivity index (χ1n) is 6.71. The Morgan fingerprint density at radius 1 is 0.905 bits per heavy atom. The minimum Gasteiger partial charge on any atom is -0.308 e. The molecule has 0 aliphatic rings. The number of hydrogen-bond donors (Lipinski definition) is 1. The molecule has 0 aliphatic heterocycles. The summed E-state index contributed by atoms with van der Waals surface area (Å²) in [6, 6.07) is 13.4. The first-order valence-corrected chi connectivity index (χ1v) is 6.71. The van der Waals surface area contributed by atoms with Crippen molar-refractivity contribution >= 4 is 10.9 Å². The highest BCUT2D eigenvalue weighted by atomic mass is 19.1. The lowest BCUT2D eigenvalue weighted by atomic mass is 10.1. The predicted molar refractivity (Wildman–Crippen MR) is 78.6 cm³/mol. The average molecular weight is 284 g/mol. The molecule has 3 aromatic rings. The zero-order chi connectivity index (χ0) is 14.7. The van der Waals surface area contributed by atoms with Gasteiger partial charge in [-0.1, -0.05) is 24.3 Å². The molecule has 0 saturated carbocycles. The molecule has 1 heterocycles. The van der Waals surface area contributed by atoms with E-state index < -0.39 is 11.6 Å². The number of benzene rings is 2. The maximum absolute atomic E-state index is 13.5. The number of halogens is 2. The Balaban J connectivity index is 1.72. The second-order valence-electron chi connectivity index (χ2n) is 4.83. The van der Waals surface area contributed by atoms with E-state index in [-0.39, 0.29) is 0 Å². The van der Waals surface area contributed by atoms with Gasteiger partial charge in [0.15, 0.2) is 0 Å². The Kier molecular flexibility index (Phi) is 3.88. The first kappa shape index (κ1) is 13.6. The van der Waals surface area contributed by atoms with Crippen LogP contribution in [0.2, 0.25) is 0 Å². The molecule has 0 saturated heterocycles. The number of pyridine rings is 1. The van der Waals surface area contributed by atoms with E-state index in [1.54, 1.807) is 6.20 Å². The Morgan fingerprint density at radius 3 is 2.57 bits per heavy atom. The summed E-state index contributed by atoms with van der Waals surface area (Å²) >= 11 is 0. The van der Waals surface area contributed by atoms with Crippen LogP contribution in [-0.4, -0.2) is 4.98 Å². The second kappa shape index (κ2) is 5.97. The molecule has 1 N–H and O–H groups in total. The van der Waals surface area contributed by atoms with E-state index >= 15 is 0 Å². The average Bonchev–Trinajstić information content (AvgIpc) is 2.50. The Hall–Kier alpha value is -2.33. The molecule has 21 heavy (non-hydrogen) atoms. The highest BCUT2D eigenvalue weighted by Crippen LogP contribution is 2.16. The maximum atomic E-state index is 13.5. The molecule has 2 nitrogen and oxygen atoms in total. The smallest absolute Gasteiger partial charge is 0.130 e. The summed E-state index contributed by atoms with van der Waals surface area (Å²) < 4.78 is 26.4. The van der Waals surface area contributed by atoms with Gasteiger partial charge in [-0.3, -0.25) is 4.98 Å². The quantitative estimate of drug-likeness (QED) is 0.788. The van der Waals surface area contributed by atoms with Gasteiger partial charge in [-0.15, -0.1) is 0 Å². The number of aromatic nitrogens is 1. The normalized spacial score (nSPS) is 11.0. The van der Waals surface area contributed by atoms with Crippen molar-refractivity contribution in [3.63, 3.8) is 0 Å². The highest BCUT2D eigenvalue weighted by molar-refractivity contribution is 5.81. The summed E-state index contributed by atoms with van der Waals surface area (Å²) in [6.07, 6.45) is 1.76. The molecule has 0 radical (unpaired) electrons. The molecular formula is C17H14F2N2. The van der Waals surface area contributed by atoms with Crippen LogP contribution in [0.1, 0.15) is 11.1 Å². The second-order valence-corrected chi connectivity index (χ2v) is 4.83. The zero-order valence-electron chi connectivity index (χ0n) is 11.3. The van der Waals surface area contributed by atoms with E-state index in [9.17, 15) is 8.78 Å². The number of para-hydroxylation sites is 1. The Bertz CT molecular complexity index is 766. The van der Waals surface area contributed by atoms with E-state index in [0.29, 0.717) is 18.7 Å².